The van der Waals surface area contributed by atoms with Crippen LogP contribution in [0.3, 0.4) is 0 Å². The summed E-state index contributed by atoms with van der Waals surface area (Å²) in [6.07, 6.45) is 0.775. The Bertz CT molecular complexity index is 1390. The number of carbonyl (C=O) groups is 2. The number of sulfonamides is 1. The van der Waals surface area contributed by atoms with Gasteiger partial charge in [0, 0.05) is 30.6 Å². The van der Waals surface area contributed by atoms with E-state index in [1.165, 1.54) is 11.2 Å². The SMILES string of the molecule is CC(=O)c1cc2c(cc1NC(=O)C1CCN(S(=O)(=O)c3ccc4ccccc4c3)CC1)OCO2. The molecule has 0 bridgehead atoms. The molecule has 34 heavy (non-hydrogen) atoms. The fourth-order valence-corrected chi connectivity index (χ4v) is 5.91. The van der Waals surface area contributed by atoms with Crippen LogP contribution in [-0.4, -0.2) is 44.3 Å². The minimum absolute atomic E-state index is 0.0637. The van der Waals surface area contributed by atoms with E-state index >= 15 is 0 Å². The average molecular weight is 481 g/mol. The predicted molar refractivity (Wildman–Crippen MR) is 127 cm³/mol. The Morgan fingerprint density at radius 3 is 2.32 bits per heavy atom. The molecule has 0 aliphatic carbocycles. The summed E-state index contributed by atoms with van der Waals surface area (Å²) in [5.41, 5.74) is 0.710. The number of ketones is 1. The van der Waals surface area contributed by atoms with Crippen LogP contribution < -0.4 is 14.8 Å². The number of rotatable bonds is 5. The van der Waals surface area contributed by atoms with E-state index in [9.17, 15) is 18.0 Å². The molecule has 0 unspecified atom stereocenters. The van der Waals surface area contributed by atoms with Gasteiger partial charge in [0.15, 0.2) is 17.3 Å². The van der Waals surface area contributed by atoms with Crippen molar-refractivity contribution in [2.45, 2.75) is 24.7 Å². The smallest absolute Gasteiger partial charge is 0.243 e. The van der Waals surface area contributed by atoms with E-state index in [1.54, 1.807) is 30.3 Å². The maximum Gasteiger partial charge on any atom is 0.243 e. The normalized spacial score (nSPS) is 16.5. The summed E-state index contributed by atoms with van der Waals surface area (Å²) in [6.45, 7) is 1.97. The first-order valence-electron chi connectivity index (χ1n) is 11.1. The third-order valence-electron chi connectivity index (χ3n) is 6.33. The van der Waals surface area contributed by atoms with Crippen LogP contribution in [0.25, 0.3) is 10.8 Å². The van der Waals surface area contributed by atoms with E-state index in [2.05, 4.69) is 5.32 Å². The lowest BCUT2D eigenvalue weighted by atomic mass is 9.96. The number of anilines is 1. The zero-order valence-electron chi connectivity index (χ0n) is 18.6. The van der Waals surface area contributed by atoms with Crippen molar-refractivity contribution in [2.24, 2.45) is 5.92 Å². The molecule has 0 saturated carbocycles. The highest BCUT2D eigenvalue weighted by Crippen LogP contribution is 2.37. The number of carbonyl (C=O) groups excluding carboxylic acids is 2. The van der Waals surface area contributed by atoms with Crippen LogP contribution in [0, 0.1) is 5.92 Å². The average Bonchev–Trinajstić information content (AvgIpc) is 3.30. The van der Waals surface area contributed by atoms with Gasteiger partial charge in [-0.15, -0.1) is 0 Å². The number of nitrogens with one attached hydrogen (secondary N) is 1. The second-order valence-electron chi connectivity index (χ2n) is 8.48. The van der Waals surface area contributed by atoms with E-state index < -0.39 is 10.0 Å². The third-order valence-corrected chi connectivity index (χ3v) is 8.23. The molecule has 176 valence electrons. The fraction of sp³-hybridized carbons (Fsp3) is 0.280. The molecular formula is C25H24N2O6S. The molecule has 1 fully saturated rings. The molecule has 1 amide bonds. The van der Waals surface area contributed by atoms with E-state index in [-0.39, 0.29) is 42.4 Å². The standard InChI is InChI=1S/C25H24N2O6S/c1-16(28)21-13-23-24(33-15-32-23)14-22(21)26-25(29)18-8-10-27(11-9-18)34(30,31)20-7-6-17-4-2-3-5-19(17)12-20/h2-7,12-14,18H,8-11,15H2,1H3,(H,26,29). The lowest BCUT2D eigenvalue weighted by molar-refractivity contribution is -0.120. The number of fused-ring (bicyclic) bond motifs is 2. The predicted octanol–water partition coefficient (Wildman–Crippen LogP) is 3.81. The van der Waals surface area contributed by atoms with Gasteiger partial charge < -0.3 is 14.8 Å². The van der Waals surface area contributed by atoms with Crippen LogP contribution in [0.5, 0.6) is 11.5 Å². The van der Waals surface area contributed by atoms with Crippen molar-refractivity contribution in [1.29, 1.82) is 0 Å². The number of ether oxygens (including phenoxy) is 2. The molecule has 3 aromatic carbocycles. The molecule has 1 saturated heterocycles. The van der Waals surface area contributed by atoms with Gasteiger partial charge in [0.25, 0.3) is 0 Å². The van der Waals surface area contributed by atoms with Crippen molar-refractivity contribution in [3.05, 3.63) is 60.2 Å². The molecule has 3 aromatic rings. The van der Waals surface area contributed by atoms with Crippen LogP contribution >= 0.6 is 0 Å². The van der Waals surface area contributed by atoms with Gasteiger partial charge in [-0.2, -0.15) is 4.31 Å². The van der Waals surface area contributed by atoms with Crippen LogP contribution in [0.1, 0.15) is 30.1 Å². The lowest BCUT2D eigenvalue weighted by Gasteiger charge is -2.30. The van der Waals surface area contributed by atoms with Crippen molar-refractivity contribution >= 4 is 38.2 Å². The van der Waals surface area contributed by atoms with Gasteiger partial charge >= 0.3 is 0 Å². The Morgan fingerprint density at radius 2 is 1.62 bits per heavy atom. The summed E-state index contributed by atoms with van der Waals surface area (Å²) in [7, 11) is -3.66. The summed E-state index contributed by atoms with van der Waals surface area (Å²) in [4.78, 5) is 25.3. The van der Waals surface area contributed by atoms with Gasteiger partial charge in [0.1, 0.15) is 0 Å². The summed E-state index contributed by atoms with van der Waals surface area (Å²) in [5, 5.41) is 4.67. The highest BCUT2D eigenvalue weighted by molar-refractivity contribution is 7.89. The number of amides is 1. The second-order valence-corrected chi connectivity index (χ2v) is 10.4. The topological polar surface area (TPSA) is 102 Å². The number of piperidine rings is 1. The first-order chi connectivity index (χ1) is 16.3. The minimum Gasteiger partial charge on any atom is -0.454 e. The van der Waals surface area contributed by atoms with Gasteiger partial charge in [0.2, 0.25) is 22.7 Å². The summed E-state index contributed by atoms with van der Waals surface area (Å²) in [6, 6.07) is 15.9. The molecule has 0 aromatic heterocycles. The molecule has 2 heterocycles. The summed E-state index contributed by atoms with van der Waals surface area (Å²) >= 11 is 0. The zero-order chi connectivity index (χ0) is 23.9. The molecule has 5 rings (SSSR count). The Balaban J connectivity index is 1.28. The fourth-order valence-electron chi connectivity index (χ4n) is 4.41. The first kappa shape index (κ1) is 22.4. The van der Waals surface area contributed by atoms with E-state index in [4.69, 9.17) is 9.47 Å². The molecule has 9 heteroatoms. The van der Waals surface area contributed by atoms with Gasteiger partial charge in [0.05, 0.1) is 10.6 Å². The van der Waals surface area contributed by atoms with Crippen LogP contribution in [0.15, 0.2) is 59.5 Å². The molecule has 2 aliphatic heterocycles. The number of hydrogen-bond donors (Lipinski definition) is 1. The van der Waals surface area contributed by atoms with E-state index in [0.29, 0.717) is 35.6 Å². The van der Waals surface area contributed by atoms with Crippen molar-refractivity contribution in [3.63, 3.8) is 0 Å². The van der Waals surface area contributed by atoms with Crippen molar-refractivity contribution in [3.8, 4) is 11.5 Å². The number of Topliss-reactive ketones (excluding diaryl/α,β-unsaturated/α-hetero) is 1. The van der Waals surface area contributed by atoms with Gasteiger partial charge in [-0.05, 0) is 48.7 Å². The molecule has 1 N–H and O–H groups in total. The van der Waals surface area contributed by atoms with E-state index in [0.717, 1.165) is 10.8 Å². The van der Waals surface area contributed by atoms with E-state index in [1.807, 2.05) is 24.3 Å². The highest BCUT2D eigenvalue weighted by Gasteiger charge is 2.33. The monoisotopic (exact) mass is 480 g/mol. The maximum absolute atomic E-state index is 13.2. The van der Waals surface area contributed by atoms with Crippen molar-refractivity contribution in [2.75, 3.05) is 25.2 Å². The van der Waals surface area contributed by atoms with Gasteiger partial charge in [-0.25, -0.2) is 8.42 Å². The molecule has 0 radical (unpaired) electrons. The molecule has 0 spiro atoms. The Labute approximate surface area is 197 Å². The third kappa shape index (κ3) is 4.12. The zero-order valence-corrected chi connectivity index (χ0v) is 19.4. The summed E-state index contributed by atoms with van der Waals surface area (Å²) < 4.78 is 38.5. The highest BCUT2D eigenvalue weighted by atomic mass is 32.2. The van der Waals surface area contributed by atoms with Crippen molar-refractivity contribution < 1.29 is 27.5 Å². The van der Waals surface area contributed by atoms with Crippen LogP contribution in [0.4, 0.5) is 5.69 Å². The minimum atomic E-state index is -3.66. The van der Waals surface area contributed by atoms with Gasteiger partial charge in [-0.3, -0.25) is 9.59 Å². The summed E-state index contributed by atoms with van der Waals surface area (Å²) in [5.74, 6) is 0.120. The number of hydrogen-bond acceptors (Lipinski definition) is 6. The Morgan fingerprint density at radius 1 is 0.941 bits per heavy atom. The quantitative estimate of drug-likeness (QED) is 0.557. The molecule has 8 nitrogen and oxygen atoms in total. The number of nitrogens with zero attached hydrogens (tertiary/aromatic N) is 1. The largest absolute Gasteiger partial charge is 0.454 e. The maximum atomic E-state index is 13.2. The van der Waals surface area contributed by atoms with Crippen LogP contribution in [-0.2, 0) is 14.8 Å². The molecule has 0 atom stereocenters. The lowest BCUT2D eigenvalue weighted by Crippen LogP contribution is -2.41. The van der Waals surface area contributed by atoms with Gasteiger partial charge in [-0.1, -0.05) is 30.3 Å². The Hall–Kier alpha value is -3.43. The Kier molecular flexibility index (Phi) is 5.75. The second kappa shape index (κ2) is 8.73. The van der Waals surface area contributed by atoms with Crippen molar-refractivity contribution in [1.82, 2.24) is 4.31 Å². The van der Waals surface area contributed by atoms with Crippen LogP contribution in [0.2, 0.25) is 0 Å². The molecular weight excluding hydrogens is 456 g/mol. The number of benzene rings is 3. The molecule has 2 aliphatic rings. The first-order valence-corrected chi connectivity index (χ1v) is 12.5.